The molecule has 2 aromatic rings. The van der Waals surface area contributed by atoms with Gasteiger partial charge in [-0.1, -0.05) is 19.1 Å². The van der Waals surface area contributed by atoms with Crippen molar-refractivity contribution in [2.24, 2.45) is 17.6 Å². The zero-order valence-electron chi connectivity index (χ0n) is 20.8. The van der Waals surface area contributed by atoms with Gasteiger partial charge in [0.1, 0.15) is 22.8 Å². The number of rotatable bonds is 3. The van der Waals surface area contributed by atoms with Crippen molar-refractivity contribution < 1.29 is 39.9 Å². The molecule has 3 aliphatic rings. The number of nitrogens with zero attached hydrogens (tertiary/aromatic N) is 2. The molecule has 0 aliphatic heterocycles. The van der Waals surface area contributed by atoms with Crippen molar-refractivity contribution in [2.75, 3.05) is 14.1 Å². The van der Waals surface area contributed by atoms with Crippen molar-refractivity contribution in [2.45, 2.75) is 30.6 Å². The topological polar surface area (TPSA) is 195 Å². The number of aromatic hydroxyl groups is 1. The summed E-state index contributed by atoms with van der Waals surface area (Å²) in [6.45, 7) is 1.68. The van der Waals surface area contributed by atoms with Crippen molar-refractivity contribution in [3.05, 3.63) is 64.6 Å². The van der Waals surface area contributed by atoms with Gasteiger partial charge in [-0.05, 0) is 43.8 Å². The van der Waals surface area contributed by atoms with E-state index < -0.39 is 75.6 Å². The van der Waals surface area contributed by atoms with E-state index >= 15 is 0 Å². The monoisotopic (exact) mass is 521 g/mol. The number of amides is 1. The third-order valence-electron chi connectivity index (χ3n) is 8.07. The Labute approximate surface area is 217 Å². The largest absolute Gasteiger partial charge is 0.508 e. The number of aromatic nitrogens is 1. The molecule has 1 aromatic heterocycles. The summed E-state index contributed by atoms with van der Waals surface area (Å²) in [6, 6.07) is 6.92. The Balaban J connectivity index is 1.79. The van der Waals surface area contributed by atoms with Gasteiger partial charge in [0.15, 0.2) is 11.4 Å². The summed E-state index contributed by atoms with van der Waals surface area (Å²) in [5.74, 6) is -9.21. The average molecular weight is 522 g/mol. The van der Waals surface area contributed by atoms with Crippen LogP contribution in [0.4, 0.5) is 0 Å². The first-order chi connectivity index (χ1) is 17.8. The maximum Gasteiger partial charge on any atom is 0.255 e. The number of hydrogen-bond acceptors (Lipinski definition) is 10. The predicted molar refractivity (Wildman–Crippen MR) is 134 cm³/mol. The summed E-state index contributed by atoms with van der Waals surface area (Å²) in [6.07, 6.45) is -0.109. The zero-order valence-corrected chi connectivity index (χ0v) is 20.8. The van der Waals surface area contributed by atoms with E-state index in [0.717, 1.165) is 0 Å². The number of nitrogens with two attached hydrogens (primary N) is 1. The standard InChI is InChI=1S/C27H27N3O8/c1-10-11-7-8-12(13-6-4-5-9-29-13)20(31)15(11)21(32)16-14(10)22(33)18-19(30(2)3)23(34)17(26(28)37)25(36)27(18,38)24(16)35/h4-10,14,18-19,22,31-33,36,38H,1-3H3,(H2,28,37)/t10-,14+,18+,19-,22-,27-/m1/s1. The van der Waals surface area contributed by atoms with Gasteiger partial charge in [-0.3, -0.25) is 24.3 Å². The number of phenols is 1. The molecule has 3 aliphatic carbocycles. The molecule has 1 aromatic carbocycles. The number of carbonyl (C=O) groups excluding carboxylic acids is 3. The van der Waals surface area contributed by atoms with Crippen molar-refractivity contribution in [1.29, 1.82) is 0 Å². The quantitative estimate of drug-likeness (QED) is 0.311. The highest BCUT2D eigenvalue weighted by Crippen LogP contribution is 2.56. The lowest BCUT2D eigenvalue weighted by Gasteiger charge is -2.53. The van der Waals surface area contributed by atoms with Crippen LogP contribution in [0.15, 0.2) is 53.4 Å². The van der Waals surface area contributed by atoms with E-state index in [1.54, 1.807) is 37.3 Å². The van der Waals surface area contributed by atoms with Gasteiger partial charge >= 0.3 is 0 Å². The van der Waals surface area contributed by atoms with Crippen LogP contribution in [-0.2, 0) is 14.4 Å². The van der Waals surface area contributed by atoms with Crippen LogP contribution < -0.4 is 5.73 Å². The van der Waals surface area contributed by atoms with E-state index in [1.807, 2.05) is 0 Å². The second-order valence-corrected chi connectivity index (χ2v) is 10.2. The second-order valence-electron chi connectivity index (χ2n) is 10.2. The van der Waals surface area contributed by atoms with Crippen molar-refractivity contribution in [3.8, 4) is 17.0 Å². The van der Waals surface area contributed by atoms with Gasteiger partial charge in [-0.15, -0.1) is 0 Å². The summed E-state index contributed by atoms with van der Waals surface area (Å²) in [7, 11) is 2.92. The number of phenolic OH excluding ortho intramolecular Hbond substituents is 1. The minimum Gasteiger partial charge on any atom is -0.508 e. The summed E-state index contributed by atoms with van der Waals surface area (Å²) in [5, 5.41) is 56.9. The molecule has 7 N–H and O–H groups in total. The summed E-state index contributed by atoms with van der Waals surface area (Å²) >= 11 is 0. The maximum absolute atomic E-state index is 14.0. The first-order valence-electron chi connectivity index (χ1n) is 12.0. The third kappa shape index (κ3) is 3.12. The number of Topliss-reactive ketones (excluding diaryl/α,β-unsaturated/α-hetero) is 2. The minimum absolute atomic E-state index is 0.0795. The molecule has 1 amide bonds. The van der Waals surface area contributed by atoms with Crippen LogP contribution in [-0.4, -0.2) is 84.7 Å². The van der Waals surface area contributed by atoms with Crippen LogP contribution >= 0.6 is 0 Å². The predicted octanol–water partition coefficient (Wildman–Crippen LogP) is 0.558. The number of aliphatic hydroxyl groups excluding tert-OH is 3. The molecule has 0 bridgehead atoms. The molecule has 11 heteroatoms. The zero-order chi connectivity index (χ0) is 27.8. The van der Waals surface area contributed by atoms with Crippen molar-refractivity contribution >= 4 is 23.2 Å². The molecule has 0 spiro atoms. The Hall–Kier alpha value is -4.06. The molecule has 6 atom stereocenters. The fourth-order valence-electron chi connectivity index (χ4n) is 6.35. The lowest BCUT2D eigenvalue weighted by atomic mass is 9.54. The number of primary amides is 1. The van der Waals surface area contributed by atoms with Crippen LogP contribution in [0.3, 0.4) is 0 Å². The number of likely N-dealkylation sites (N-methyl/N-ethyl adjacent to an activating group) is 1. The fraction of sp³-hybridized carbons (Fsp3) is 0.333. The lowest BCUT2D eigenvalue weighted by molar-refractivity contribution is -0.169. The maximum atomic E-state index is 14.0. The van der Waals surface area contributed by atoms with Crippen LogP contribution in [0.2, 0.25) is 0 Å². The number of carbonyl (C=O) groups is 3. The van der Waals surface area contributed by atoms with Gasteiger partial charge in [0.25, 0.3) is 5.91 Å². The highest BCUT2D eigenvalue weighted by atomic mass is 16.4. The van der Waals surface area contributed by atoms with Crippen LogP contribution in [0.25, 0.3) is 17.0 Å². The molecular weight excluding hydrogens is 494 g/mol. The molecule has 0 unspecified atom stereocenters. The minimum atomic E-state index is -2.95. The molecule has 1 fully saturated rings. The summed E-state index contributed by atoms with van der Waals surface area (Å²) < 4.78 is 0. The highest BCUT2D eigenvalue weighted by molar-refractivity contribution is 6.24. The number of hydrogen-bond donors (Lipinski definition) is 6. The number of ketones is 2. The third-order valence-corrected chi connectivity index (χ3v) is 8.07. The molecule has 0 saturated heterocycles. The summed E-state index contributed by atoms with van der Waals surface area (Å²) in [4.78, 5) is 44.8. The Morgan fingerprint density at radius 3 is 2.37 bits per heavy atom. The van der Waals surface area contributed by atoms with Gasteiger partial charge in [0.2, 0.25) is 5.78 Å². The van der Waals surface area contributed by atoms with Crippen LogP contribution in [0.5, 0.6) is 5.75 Å². The average Bonchev–Trinajstić information content (AvgIpc) is 2.86. The highest BCUT2D eigenvalue weighted by Gasteiger charge is 2.68. The van der Waals surface area contributed by atoms with Gasteiger partial charge in [-0.25, -0.2) is 0 Å². The first-order valence-corrected chi connectivity index (χ1v) is 12.0. The molecule has 0 radical (unpaired) electrons. The number of benzene rings is 1. The van der Waals surface area contributed by atoms with E-state index in [-0.39, 0.29) is 16.9 Å². The molecule has 1 heterocycles. The molecule has 38 heavy (non-hydrogen) atoms. The number of fused-ring (bicyclic) bond motifs is 3. The molecule has 198 valence electrons. The Morgan fingerprint density at radius 1 is 1.11 bits per heavy atom. The Kier molecular flexibility index (Phi) is 5.71. The Bertz CT molecular complexity index is 1460. The van der Waals surface area contributed by atoms with Gasteiger partial charge in [-0.2, -0.15) is 0 Å². The summed E-state index contributed by atoms with van der Waals surface area (Å²) in [5.41, 5.74) is 2.01. The first kappa shape index (κ1) is 25.6. The number of aliphatic hydroxyl groups is 4. The van der Waals surface area contributed by atoms with Gasteiger partial charge in [0.05, 0.1) is 29.3 Å². The number of pyridine rings is 1. The molecular formula is C27H27N3O8. The second kappa shape index (κ2) is 8.48. The van der Waals surface area contributed by atoms with Crippen LogP contribution in [0, 0.1) is 11.8 Å². The molecule has 1 saturated carbocycles. The van der Waals surface area contributed by atoms with E-state index in [0.29, 0.717) is 11.3 Å². The van der Waals surface area contributed by atoms with Crippen LogP contribution in [0.1, 0.15) is 24.0 Å². The molecule has 5 rings (SSSR count). The van der Waals surface area contributed by atoms with E-state index in [4.69, 9.17) is 5.73 Å². The molecule has 11 nitrogen and oxygen atoms in total. The van der Waals surface area contributed by atoms with Crippen molar-refractivity contribution in [3.63, 3.8) is 0 Å². The van der Waals surface area contributed by atoms with E-state index in [9.17, 15) is 39.9 Å². The van der Waals surface area contributed by atoms with Gasteiger partial charge < -0.3 is 31.3 Å². The fourth-order valence-corrected chi connectivity index (χ4v) is 6.35. The SMILES string of the molecule is C[C@@H]1c2ccc(-c3ccccn3)c(O)c2C(O)=C2C(=O)[C@@]3(O)C(O)=C(C(N)=O)C(=O)[C@H](N(C)C)[C@H]3[C@H](O)[C@H]21. The van der Waals surface area contributed by atoms with E-state index in [1.165, 1.54) is 25.2 Å². The van der Waals surface area contributed by atoms with Gasteiger partial charge in [0, 0.05) is 23.3 Å². The van der Waals surface area contributed by atoms with E-state index in [2.05, 4.69) is 4.98 Å². The van der Waals surface area contributed by atoms with Crippen molar-refractivity contribution in [1.82, 2.24) is 9.88 Å². The lowest BCUT2D eigenvalue weighted by Crippen LogP contribution is -2.70. The Morgan fingerprint density at radius 2 is 1.79 bits per heavy atom. The normalized spacial score (nSPS) is 30.7. The smallest absolute Gasteiger partial charge is 0.255 e.